The van der Waals surface area contributed by atoms with E-state index in [1.807, 2.05) is 17.0 Å². The van der Waals surface area contributed by atoms with Gasteiger partial charge < -0.3 is 54.3 Å². The average molecular weight is 1010 g/mol. The molecule has 3 aromatic carbocycles. The number of nitrogens with one attached hydrogen (secondary N) is 3. The fourth-order valence-corrected chi connectivity index (χ4v) is 12.0. The maximum Gasteiger partial charge on any atom is 0.410 e. The zero-order valence-electron chi connectivity index (χ0n) is 43.6. The van der Waals surface area contributed by atoms with Crippen molar-refractivity contribution in [2.24, 2.45) is 11.8 Å². The van der Waals surface area contributed by atoms with Gasteiger partial charge in [0.25, 0.3) is 0 Å². The van der Waals surface area contributed by atoms with E-state index in [1.165, 1.54) is 27.9 Å². The van der Waals surface area contributed by atoms with Crippen molar-refractivity contribution in [3.8, 4) is 23.0 Å². The second-order valence-electron chi connectivity index (χ2n) is 20.2. The minimum Gasteiger partial charge on any atom is -0.493 e. The van der Waals surface area contributed by atoms with Crippen molar-refractivity contribution in [3.05, 3.63) is 76.3 Å². The first-order valence-corrected chi connectivity index (χ1v) is 25.9. The highest BCUT2D eigenvalue weighted by Gasteiger charge is 2.44. The van der Waals surface area contributed by atoms with Crippen LogP contribution in [-0.2, 0) is 48.2 Å². The average Bonchev–Trinajstić information content (AvgIpc) is 4.11. The quantitative estimate of drug-likeness (QED) is 0.153. The molecule has 18 nitrogen and oxygen atoms in total. The van der Waals surface area contributed by atoms with Crippen LogP contribution in [0.5, 0.6) is 23.0 Å². The summed E-state index contributed by atoms with van der Waals surface area (Å²) in [5.41, 5.74) is 5.99. The number of carbonyl (C=O) groups is 6. The molecule has 3 N–H and O–H groups in total. The van der Waals surface area contributed by atoms with Crippen LogP contribution in [0.15, 0.2) is 48.5 Å². The molecule has 0 aromatic heterocycles. The lowest BCUT2D eigenvalue weighted by Crippen LogP contribution is -2.56. The zero-order valence-corrected chi connectivity index (χ0v) is 43.6. The molecule has 0 unspecified atom stereocenters. The van der Waals surface area contributed by atoms with E-state index < -0.39 is 42.1 Å². The van der Waals surface area contributed by atoms with Gasteiger partial charge in [0, 0.05) is 51.4 Å². The number of ether oxygens (including phenoxy) is 5. The molecule has 5 aliphatic rings. The van der Waals surface area contributed by atoms with Crippen LogP contribution in [0.3, 0.4) is 0 Å². The molecule has 3 aromatic rings. The number of piperidine rings is 1. The Morgan fingerprint density at radius 2 is 1.21 bits per heavy atom. The van der Waals surface area contributed by atoms with E-state index in [1.54, 1.807) is 66.6 Å². The lowest BCUT2D eigenvalue weighted by Gasteiger charge is -2.49. The van der Waals surface area contributed by atoms with Crippen LogP contribution in [-0.4, -0.2) is 141 Å². The number of nitrogens with zero attached hydrogens (tertiary/aromatic N) is 4. The Hall–Kier alpha value is -6.56. The summed E-state index contributed by atoms with van der Waals surface area (Å²) in [6.07, 6.45) is 6.00. The number of rotatable bonds is 16. The maximum absolute atomic E-state index is 14.4. The standard InChI is InChI=1S/C55H73N7O11/c1-9-36-30-59-22-18-37-26-47(69-5)49(71-7)28-41(37)45(59)24-39(36)25-46-42-29-50(72-8)48(70-6)27-38(42)19-23-62(46)55(68)73-31-35-14-16-40(17-15-35)58-52(65)44-13-11-21-61(44)54(67)33(3)57-51(64)43-12-10-20-60(43)53(66)32(2)56-34(4)63/h14-17,26-29,32-33,36,39,43-46H,9-13,18-25,30-31H2,1-8H3,(H,56,63)(H,57,64)(H,58,65)/t32-,33-,36-,39+,43-,44-,45-,46+/m0/s1. The van der Waals surface area contributed by atoms with E-state index in [0.29, 0.717) is 80.8 Å². The normalized spacial score (nSPS) is 23.2. The molecule has 73 heavy (non-hydrogen) atoms. The first kappa shape index (κ1) is 52.8. The van der Waals surface area contributed by atoms with E-state index in [9.17, 15) is 28.8 Å². The van der Waals surface area contributed by atoms with Crippen LogP contribution in [0.4, 0.5) is 10.5 Å². The molecule has 5 aliphatic heterocycles. The third-order valence-electron chi connectivity index (χ3n) is 15.8. The lowest BCUT2D eigenvalue weighted by molar-refractivity contribution is -0.143. The first-order chi connectivity index (χ1) is 35.2. The Balaban J connectivity index is 0.906. The smallest absolute Gasteiger partial charge is 0.410 e. The summed E-state index contributed by atoms with van der Waals surface area (Å²) in [5.74, 6) is 1.56. The van der Waals surface area contributed by atoms with Crippen LogP contribution < -0.4 is 34.9 Å². The molecule has 3 fully saturated rings. The number of fused-ring (bicyclic) bond motifs is 4. The number of carbonyl (C=O) groups excluding carboxylic acids is 6. The Kier molecular flexibility index (Phi) is 16.7. The van der Waals surface area contributed by atoms with Crippen molar-refractivity contribution in [3.63, 3.8) is 0 Å². The monoisotopic (exact) mass is 1010 g/mol. The van der Waals surface area contributed by atoms with Gasteiger partial charge in [0.1, 0.15) is 30.8 Å². The lowest BCUT2D eigenvalue weighted by atomic mass is 9.72. The molecule has 0 bridgehead atoms. The topological polar surface area (TPSA) is 198 Å². The predicted octanol–water partition coefficient (Wildman–Crippen LogP) is 5.94. The molecule has 0 radical (unpaired) electrons. The zero-order chi connectivity index (χ0) is 52.1. The van der Waals surface area contributed by atoms with E-state index in [2.05, 4.69) is 39.9 Å². The van der Waals surface area contributed by atoms with Gasteiger partial charge in [0.05, 0.1) is 34.5 Å². The maximum atomic E-state index is 14.4. The molecule has 8 rings (SSSR count). The minimum atomic E-state index is -0.939. The van der Waals surface area contributed by atoms with Gasteiger partial charge in [-0.3, -0.25) is 28.9 Å². The molecule has 394 valence electrons. The first-order valence-electron chi connectivity index (χ1n) is 25.9. The van der Waals surface area contributed by atoms with Gasteiger partial charge in [0.15, 0.2) is 23.0 Å². The van der Waals surface area contributed by atoms with Gasteiger partial charge in [-0.25, -0.2) is 4.79 Å². The SMILES string of the molecule is CC[C@H]1CN2CCc3cc(OC)c(OC)cc3[C@@H]2C[C@@H]1C[C@@H]1c2cc(OC)c(OC)cc2CCN1C(=O)OCc1ccc(NC(=O)[C@@H]2CCCN2C(=O)[C@H](C)NC(=O)[C@@H]2CCCN2C(=O)[C@H](C)NC(C)=O)cc1. The van der Waals surface area contributed by atoms with Crippen molar-refractivity contribution in [1.29, 1.82) is 0 Å². The number of likely N-dealkylation sites (tertiary alicyclic amines) is 2. The number of hydrogen-bond donors (Lipinski definition) is 3. The summed E-state index contributed by atoms with van der Waals surface area (Å²) >= 11 is 0. The molecule has 0 spiro atoms. The number of amides is 6. The third kappa shape index (κ3) is 11.3. The summed E-state index contributed by atoms with van der Waals surface area (Å²) < 4.78 is 29.1. The van der Waals surface area contributed by atoms with E-state index >= 15 is 0 Å². The van der Waals surface area contributed by atoms with E-state index in [-0.39, 0.29) is 36.4 Å². The van der Waals surface area contributed by atoms with E-state index in [4.69, 9.17) is 23.7 Å². The minimum absolute atomic E-state index is 0.0187. The molecule has 8 atom stereocenters. The summed E-state index contributed by atoms with van der Waals surface area (Å²) in [4.78, 5) is 87.2. The van der Waals surface area contributed by atoms with Gasteiger partial charge in [-0.15, -0.1) is 0 Å². The summed E-state index contributed by atoms with van der Waals surface area (Å²) in [6.45, 7) is 9.91. The largest absolute Gasteiger partial charge is 0.493 e. The van der Waals surface area contributed by atoms with Crippen LogP contribution in [0.25, 0.3) is 0 Å². The Morgan fingerprint density at radius 1 is 0.658 bits per heavy atom. The molecular weight excluding hydrogens is 935 g/mol. The van der Waals surface area contributed by atoms with Gasteiger partial charge in [-0.05, 0) is 141 Å². The van der Waals surface area contributed by atoms with Crippen LogP contribution in [0, 0.1) is 11.8 Å². The molecule has 0 saturated carbocycles. The Morgan fingerprint density at radius 3 is 1.79 bits per heavy atom. The molecule has 3 saturated heterocycles. The van der Waals surface area contributed by atoms with Gasteiger partial charge in [0.2, 0.25) is 29.5 Å². The van der Waals surface area contributed by atoms with Crippen molar-refractivity contribution in [2.75, 3.05) is 66.5 Å². The van der Waals surface area contributed by atoms with Crippen LogP contribution >= 0.6 is 0 Å². The fraction of sp³-hybridized carbons (Fsp3) is 0.564. The summed E-state index contributed by atoms with van der Waals surface area (Å²) in [6, 6.07) is 12.2. The summed E-state index contributed by atoms with van der Waals surface area (Å²) in [5, 5.41) is 8.30. The van der Waals surface area contributed by atoms with Crippen molar-refractivity contribution >= 4 is 41.3 Å². The van der Waals surface area contributed by atoms with Crippen molar-refractivity contribution < 1.29 is 52.5 Å². The second kappa shape index (κ2) is 23.1. The van der Waals surface area contributed by atoms with Crippen molar-refractivity contribution in [1.82, 2.24) is 30.2 Å². The predicted molar refractivity (Wildman–Crippen MR) is 272 cm³/mol. The highest BCUT2D eigenvalue weighted by Crippen LogP contribution is 2.49. The number of anilines is 1. The highest BCUT2D eigenvalue weighted by atomic mass is 16.6. The van der Waals surface area contributed by atoms with Crippen LogP contribution in [0.1, 0.15) is 113 Å². The van der Waals surface area contributed by atoms with Gasteiger partial charge >= 0.3 is 6.09 Å². The van der Waals surface area contributed by atoms with Gasteiger partial charge in [-0.1, -0.05) is 25.5 Å². The van der Waals surface area contributed by atoms with Crippen LogP contribution in [0.2, 0.25) is 0 Å². The number of hydrogen-bond acceptors (Lipinski definition) is 12. The number of benzene rings is 3. The Bertz CT molecular complexity index is 2540. The Labute approximate surface area is 428 Å². The summed E-state index contributed by atoms with van der Waals surface area (Å²) in [7, 11) is 6.62. The highest BCUT2D eigenvalue weighted by molar-refractivity contribution is 5.99. The third-order valence-corrected chi connectivity index (χ3v) is 15.8. The second-order valence-corrected chi connectivity index (χ2v) is 20.2. The van der Waals surface area contributed by atoms with E-state index in [0.717, 1.165) is 67.0 Å². The molecular formula is C55H73N7O11. The van der Waals surface area contributed by atoms with Crippen molar-refractivity contribution in [2.45, 2.75) is 128 Å². The molecule has 6 amide bonds. The number of methoxy groups -OCH3 is 4. The molecule has 5 heterocycles. The van der Waals surface area contributed by atoms with Gasteiger partial charge in [-0.2, -0.15) is 0 Å². The molecule has 18 heteroatoms. The fourth-order valence-electron chi connectivity index (χ4n) is 12.0. The molecule has 0 aliphatic carbocycles.